The lowest BCUT2D eigenvalue weighted by Gasteiger charge is -2.38. The van der Waals surface area contributed by atoms with E-state index in [1.54, 1.807) is 31.5 Å². The lowest BCUT2D eigenvalue weighted by Crippen LogP contribution is -2.38. The average molecular weight is 567 g/mol. The minimum atomic E-state index is -0.325. The van der Waals surface area contributed by atoms with Crippen LogP contribution in [0.25, 0.3) is 10.9 Å². The molecule has 1 N–H and O–H groups in total. The fourth-order valence-corrected chi connectivity index (χ4v) is 6.50. The van der Waals surface area contributed by atoms with Crippen LogP contribution < -0.4 is 10.1 Å². The van der Waals surface area contributed by atoms with Crippen molar-refractivity contribution in [2.24, 2.45) is 5.92 Å². The van der Waals surface area contributed by atoms with Crippen molar-refractivity contribution in [2.75, 3.05) is 13.7 Å². The highest BCUT2D eigenvalue weighted by Crippen LogP contribution is 2.39. The number of allylic oxidation sites excluding steroid dienone is 1. The molecule has 2 aromatic heterocycles. The number of nitrogens with zero attached hydrogens (tertiary/aromatic N) is 3. The molecule has 42 heavy (non-hydrogen) atoms. The number of halogens is 1. The van der Waals surface area contributed by atoms with Crippen LogP contribution in [-0.2, 0) is 13.1 Å². The molecule has 2 atom stereocenters. The average Bonchev–Trinajstić information content (AvgIpc) is 3.49. The van der Waals surface area contributed by atoms with Crippen LogP contribution in [0, 0.1) is 11.7 Å². The zero-order chi connectivity index (χ0) is 29.1. The first-order valence-corrected chi connectivity index (χ1v) is 14.6. The number of aromatic nitrogens is 2. The molecule has 2 aliphatic heterocycles. The van der Waals surface area contributed by atoms with Crippen molar-refractivity contribution in [3.63, 3.8) is 0 Å². The van der Waals surface area contributed by atoms with Crippen molar-refractivity contribution < 1.29 is 18.7 Å². The summed E-state index contributed by atoms with van der Waals surface area (Å²) in [4.78, 5) is 32.7. The molecular formula is C34H35FN4O3. The second kappa shape index (κ2) is 12.2. The number of methoxy groups -OCH3 is 1. The fraction of sp³-hybridized carbons (Fsp3) is 0.324. The first-order valence-electron chi connectivity index (χ1n) is 14.6. The summed E-state index contributed by atoms with van der Waals surface area (Å²) in [5.74, 6) is 0.660. The number of hydrogen-bond donors (Lipinski definition) is 1. The van der Waals surface area contributed by atoms with E-state index in [1.165, 1.54) is 17.8 Å². The number of ketones is 1. The molecule has 2 aromatic carbocycles. The van der Waals surface area contributed by atoms with Crippen molar-refractivity contribution in [1.82, 2.24) is 19.8 Å². The van der Waals surface area contributed by atoms with Gasteiger partial charge in [0.15, 0.2) is 5.78 Å². The van der Waals surface area contributed by atoms with Gasteiger partial charge in [0.2, 0.25) is 0 Å². The molecule has 216 valence electrons. The van der Waals surface area contributed by atoms with Crippen LogP contribution in [0.4, 0.5) is 4.39 Å². The Hall–Kier alpha value is -4.46. The number of ether oxygens (including phenoxy) is 1. The number of hydrogen-bond acceptors (Lipinski definition) is 5. The summed E-state index contributed by atoms with van der Waals surface area (Å²) < 4.78 is 21.4. The van der Waals surface area contributed by atoms with Gasteiger partial charge >= 0.3 is 0 Å². The van der Waals surface area contributed by atoms with Gasteiger partial charge < -0.3 is 19.5 Å². The lowest BCUT2D eigenvalue weighted by molar-refractivity contribution is 0.0922. The van der Waals surface area contributed by atoms with Crippen molar-refractivity contribution in [3.05, 3.63) is 107 Å². The molecule has 1 unspecified atom stereocenters. The van der Waals surface area contributed by atoms with E-state index in [4.69, 9.17) is 4.74 Å². The van der Waals surface area contributed by atoms with E-state index in [9.17, 15) is 14.0 Å². The largest absolute Gasteiger partial charge is 0.495 e. The zero-order valence-corrected chi connectivity index (χ0v) is 23.8. The summed E-state index contributed by atoms with van der Waals surface area (Å²) in [5.41, 5.74) is 4.07. The molecule has 1 fully saturated rings. The second-order valence-corrected chi connectivity index (χ2v) is 11.2. The van der Waals surface area contributed by atoms with Crippen molar-refractivity contribution in [1.29, 1.82) is 0 Å². The van der Waals surface area contributed by atoms with E-state index in [0.717, 1.165) is 55.4 Å². The number of amides is 1. The zero-order valence-electron chi connectivity index (χ0n) is 23.8. The van der Waals surface area contributed by atoms with E-state index in [-0.39, 0.29) is 24.1 Å². The van der Waals surface area contributed by atoms with Crippen LogP contribution in [0.5, 0.6) is 5.75 Å². The normalized spacial score (nSPS) is 17.8. The molecule has 0 saturated carbocycles. The van der Waals surface area contributed by atoms with Crippen molar-refractivity contribution >= 4 is 22.6 Å². The molecule has 0 spiro atoms. The molecular weight excluding hydrogens is 531 g/mol. The Bertz CT molecular complexity index is 1630. The molecule has 4 heterocycles. The van der Waals surface area contributed by atoms with Gasteiger partial charge in [0, 0.05) is 55.6 Å². The number of aryl methyl sites for hydroxylation is 1. The number of pyridine rings is 1. The third-order valence-electron chi connectivity index (χ3n) is 8.43. The van der Waals surface area contributed by atoms with E-state index < -0.39 is 0 Å². The van der Waals surface area contributed by atoms with Gasteiger partial charge in [-0.05, 0) is 67.5 Å². The van der Waals surface area contributed by atoms with Crippen LogP contribution >= 0.6 is 0 Å². The Morgan fingerprint density at radius 3 is 2.76 bits per heavy atom. The number of carbonyl (C=O) groups is 2. The number of para-hydroxylation sites is 1. The SMILES string of the molecule is COc1cccc2c(C(=O)NCc3cccc(F)c3)cn(CCCN3C4=CCC3C[C@@H](CC(=O)c3ccccn3)C4)c12. The summed E-state index contributed by atoms with van der Waals surface area (Å²) in [5, 5.41) is 3.76. The number of Topliss-reactive ketones (excluding diaryl/α,β-unsaturated/α-hetero) is 1. The molecule has 6 rings (SSSR count). The Balaban J connectivity index is 1.10. The highest BCUT2D eigenvalue weighted by atomic mass is 19.1. The molecule has 1 amide bonds. The van der Waals surface area contributed by atoms with Gasteiger partial charge in [0.05, 0.1) is 18.2 Å². The van der Waals surface area contributed by atoms with Crippen LogP contribution in [0.3, 0.4) is 0 Å². The Morgan fingerprint density at radius 2 is 1.98 bits per heavy atom. The van der Waals surface area contributed by atoms with Crippen molar-refractivity contribution in [3.8, 4) is 5.75 Å². The summed E-state index contributed by atoms with van der Waals surface area (Å²) in [6.45, 7) is 1.88. The summed E-state index contributed by atoms with van der Waals surface area (Å²) in [6.07, 6.45) is 10.3. The van der Waals surface area contributed by atoms with Crippen LogP contribution in [-0.4, -0.2) is 45.8 Å². The summed E-state index contributed by atoms with van der Waals surface area (Å²) in [7, 11) is 1.64. The van der Waals surface area contributed by atoms with E-state index >= 15 is 0 Å². The fourth-order valence-electron chi connectivity index (χ4n) is 6.50. The van der Waals surface area contributed by atoms with Crippen molar-refractivity contribution in [2.45, 2.75) is 51.2 Å². The maximum Gasteiger partial charge on any atom is 0.253 e. The predicted molar refractivity (Wildman–Crippen MR) is 160 cm³/mol. The highest BCUT2D eigenvalue weighted by molar-refractivity contribution is 6.08. The van der Waals surface area contributed by atoms with Gasteiger partial charge in [-0.25, -0.2) is 4.39 Å². The standard InChI is InChI=1S/C34H35FN4O3/c1-42-32-11-5-9-28-29(34(41)37-21-23-7-4-8-25(35)17-23)22-38(33(28)32)15-6-16-39-26-12-13-27(39)19-24(18-26)20-31(40)30-10-2-3-14-36-30/h2-5,7-12,14,17,22,24,27H,6,13,15-16,18-21H2,1H3,(H,37,41)/t24-,27?/m0/s1. The molecule has 1 saturated heterocycles. The predicted octanol–water partition coefficient (Wildman–Crippen LogP) is 6.15. The third-order valence-corrected chi connectivity index (χ3v) is 8.43. The monoisotopic (exact) mass is 566 g/mol. The number of carbonyl (C=O) groups excluding carboxylic acids is 2. The molecule has 0 radical (unpaired) electrons. The number of piperidine rings is 1. The van der Waals surface area contributed by atoms with Crippen LogP contribution in [0.15, 0.2) is 84.8 Å². The van der Waals surface area contributed by atoms with Crippen LogP contribution in [0.2, 0.25) is 0 Å². The smallest absolute Gasteiger partial charge is 0.253 e. The van der Waals surface area contributed by atoms with Gasteiger partial charge in [-0.15, -0.1) is 0 Å². The van der Waals surface area contributed by atoms with E-state index in [2.05, 4.69) is 25.8 Å². The van der Waals surface area contributed by atoms with E-state index in [0.29, 0.717) is 35.2 Å². The number of nitrogens with one attached hydrogen (secondary N) is 1. The van der Waals surface area contributed by atoms with Gasteiger partial charge in [-0.2, -0.15) is 0 Å². The highest BCUT2D eigenvalue weighted by Gasteiger charge is 2.35. The minimum absolute atomic E-state index is 0.123. The molecule has 4 aromatic rings. The molecule has 8 heteroatoms. The molecule has 7 nitrogen and oxygen atoms in total. The van der Waals surface area contributed by atoms with Gasteiger partial charge in [-0.3, -0.25) is 14.6 Å². The lowest BCUT2D eigenvalue weighted by atomic mass is 9.87. The Kier molecular flexibility index (Phi) is 8.04. The number of fused-ring (bicyclic) bond motifs is 3. The summed E-state index contributed by atoms with van der Waals surface area (Å²) in [6, 6.07) is 17.9. The molecule has 2 aliphatic rings. The maximum atomic E-state index is 13.6. The first-order chi connectivity index (χ1) is 20.5. The van der Waals surface area contributed by atoms with Gasteiger partial charge in [0.25, 0.3) is 5.91 Å². The Morgan fingerprint density at radius 1 is 1.10 bits per heavy atom. The van der Waals surface area contributed by atoms with E-state index in [1.807, 2.05) is 36.5 Å². The molecule has 0 aliphatic carbocycles. The Labute approximate surface area is 245 Å². The van der Waals surface area contributed by atoms with Gasteiger partial charge in [-0.1, -0.05) is 36.4 Å². The number of rotatable bonds is 11. The topological polar surface area (TPSA) is 76.5 Å². The maximum absolute atomic E-state index is 13.6. The first kappa shape index (κ1) is 27.7. The number of benzene rings is 2. The second-order valence-electron chi connectivity index (χ2n) is 11.2. The van der Waals surface area contributed by atoms with Gasteiger partial charge in [0.1, 0.15) is 17.3 Å². The van der Waals surface area contributed by atoms with Crippen LogP contribution in [0.1, 0.15) is 58.5 Å². The summed E-state index contributed by atoms with van der Waals surface area (Å²) >= 11 is 0. The third kappa shape index (κ3) is 5.79. The molecule has 2 bridgehead atoms. The minimum Gasteiger partial charge on any atom is -0.495 e. The quantitative estimate of drug-likeness (QED) is 0.221.